The van der Waals surface area contributed by atoms with E-state index < -0.39 is 5.91 Å². The molecule has 0 spiro atoms. The highest BCUT2D eigenvalue weighted by molar-refractivity contribution is 14.1. The molecule has 190 valence electrons. The predicted octanol–water partition coefficient (Wildman–Crippen LogP) is 3.62. The lowest BCUT2D eigenvalue weighted by molar-refractivity contribution is 0.0930. The first kappa shape index (κ1) is 26.5. The van der Waals surface area contributed by atoms with Crippen LogP contribution in [0.4, 0.5) is 16.0 Å². The van der Waals surface area contributed by atoms with E-state index in [-0.39, 0.29) is 22.5 Å². The highest BCUT2D eigenvalue weighted by atomic mass is 127. The van der Waals surface area contributed by atoms with E-state index in [2.05, 4.69) is 53.0 Å². The summed E-state index contributed by atoms with van der Waals surface area (Å²) >= 11 is 8.52. The SMILES string of the molecule is Nc1nc(NCc2ccc(I)cc2)c(Cl)nc1C(=O)NCCN1CCN(Cc2cccc(F)c2)CC1. The minimum Gasteiger partial charge on any atom is -0.382 e. The Kier molecular flexibility index (Phi) is 9.30. The van der Waals surface area contributed by atoms with Crippen molar-refractivity contribution in [3.8, 4) is 0 Å². The second-order valence-electron chi connectivity index (χ2n) is 8.58. The average molecular weight is 624 g/mol. The maximum atomic E-state index is 13.4. The van der Waals surface area contributed by atoms with Crippen molar-refractivity contribution in [1.29, 1.82) is 0 Å². The number of nitrogens with one attached hydrogen (secondary N) is 2. The topological polar surface area (TPSA) is 99.4 Å². The molecular formula is C25H28ClFIN7O. The molecule has 36 heavy (non-hydrogen) atoms. The number of nitrogen functional groups attached to an aromatic ring is 1. The third-order valence-corrected chi connectivity index (χ3v) is 6.92. The molecule has 1 aromatic heterocycles. The maximum Gasteiger partial charge on any atom is 0.273 e. The van der Waals surface area contributed by atoms with Gasteiger partial charge in [-0.3, -0.25) is 14.6 Å². The van der Waals surface area contributed by atoms with Gasteiger partial charge < -0.3 is 16.4 Å². The largest absolute Gasteiger partial charge is 0.382 e. The van der Waals surface area contributed by atoms with Gasteiger partial charge in [0.05, 0.1) is 0 Å². The third-order valence-electron chi connectivity index (χ3n) is 5.94. The summed E-state index contributed by atoms with van der Waals surface area (Å²) in [7, 11) is 0. The van der Waals surface area contributed by atoms with Crippen LogP contribution in [0, 0.1) is 9.39 Å². The van der Waals surface area contributed by atoms with Crippen LogP contribution in [0.3, 0.4) is 0 Å². The molecule has 0 aliphatic carbocycles. The fourth-order valence-corrected chi connectivity index (χ4v) is 4.52. The molecule has 8 nitrogen and oxygen atoms in total. The number of rotatable bonds is 9. The monoisotopic (exact) mass is 623 g/mol. The number of hydrogen-bond acceptors (Lipinski definition) is 7. The number of aromatic nitrogens is 2. The van der Waals surface area contributed by atoms with E-state index in [0.29, 0.717) is 25.5 Å². The molecular weight excluding hydrogens is 596 g/mol. The van der Waals surface area contributed by atoms with Gasteiger partial charge in [0.1, 0.15) is 5.82 Å². The molecule has 1 fully saturated rings. The van der Waals surface area contributed by atoms with E-state index in [9.17, 15) is 9.18 Å². The van der Waals surface area contributed by atoms with Crippen LogP contribution in [0.15, 0.2) is 48.5 Å². The first-order chi connectivity index (χ1) is 17.4. The molecule has 0 bridgehead atoms. The van der Waals surface area contributed by atoms with Gasteiger partial charge in [-0.25, -0.2) is 14.4 Å². The molecule has 3 aromatic rings. The number of carbonyl (C=O) groups is 1. The summed E-state index contributed by atoms with van der Waals surface area (Å²) in [6, 6.07) is 14.8. The van der Waals surface area contributed by atoms with Crippen LogP contribution in [0.25, 0.3) is 0 Å². The minimum absolute atomic E-state index is 0.0136. The van der Waals surface area contributed by atoms with Crippen molar-refractivity contribution >= 4 is 51.7 Å². The standard InChI is InChI=1S/C25H28ClFIN7O/c26-22-24(31-15-17-4-6-20(28)7-5-17)33-23(29)21(32-22)25(36)30-8-9-34-10-12-35(13-11-34)16-18-2-1-3-19(27)14-18/h1-7,14H,8-13,15-16H2,(H,30,36)(H3,29,31,33). The summed E-state index contributed by atoms with van der Waals surface area (Å²) in [6.45, 7) is 5.91. The average Bonchev–Trinajstić information content (AvgIpc) is 2.86. The van der Waals surface area contributed by atoms with Crippen LogP contribution < -0.4 is 16.4 Å². The van der Waals surface area contributed by atoms with Crippen LogP contribution in [0.2, 0.25) is 5.15 Å². The van der Waals surface area contributed by atoms with Crippen molar-refractivity contribution in [1.82, 2.24) is 25.1 Å². The quantitative estimate of drug-likeness (QED) is 0.313. The molecule has 2 heterocycles. The van der Waals surface area contributed by atoms with E-state index in [1.54, 1.807) is 12.1 Å². The molecule has 1 aliphatic rings. The zero-order valence-corrected chi connectivity index (χ0v) is 22.6. The van der Waals surface area contributed by atoms with Crippen LogP contribution >= 0.6 is 34.2 Å². The first-order valence-electron chi connectivity index (χ1n) is 11.7. The molecule has 0 atom stereocenters. The van der Waals surface area contributed by atoms with Crippen LogP contribution in [0.1, 0.15) is 21.6 Å². The molecule has 0 saturated carbocycles. The summed E-state index contributed by atoms with van der Waals surface area (Å²) in [5.41, 5.74) is 8.06. The van der Waals surface area contributed by atoms with E-state index in [0.717, 1.165) is 47.4 Å². The fraction of sp³-hybridized carbons (Fsp3) is 0.320. The molecule has 2 aromatic carbocycles. The predicted molar refractivity (Wildman–Crippen MR) is 148 cm³/mol. The Balaban J connectivity index is 1.21. The summed E-state index contributed by atoms with van der Waals surface area (Å²) in [5.74, 6) is -0.259. The van der Waals surface area contributed by atoms with Crippen molar-refractivity contribution in [3.05, 3.63) is 79.9 Å². The number of nitrogens with zero attached hydrogens (tertiary/aromatic N) is 4. The van der Waals surface area contributed by atoms with Gasteiger partial charge in [-0.2, -0.15) is 0 Å². The molecule has 11 heteroatoms. The number of benzene rings is 2. The lowest BCUT2D eigenvalue weighted by atomic mass is 10.2. The molecule has 1 saturated heterocycles. The highest BCUT2D eigenvalue weighted by Gasteiger charge is 2.19. The van der Waals surface area contributed by atoms with Crippen LogP contribution in [-0.2, 0) is 13.1 Å². The second-order valence-corrected chi connectivity index (χ2v) is 10.2. The molecule has 0 radical (unpaired) electrons. The van der Waals surface area contributed by atoms with E-state index >= 15 is 0 Å². The van der Waals surface area contributed by atoms with Gasteiger partial charge in [0.25, 0.3) is 5.91 Å². The zero-order chi connectivity index (χ0) is 25.5. The lowest BCUT2D eigenvalue weighted by Gasteiger charge is -2.34. The van der Waals surface area contributed by atoms with Gasteiger partial charge in [-0.15, -0.1) is 0 Å². The summed E-state index contributed by atoms with van der Waals surface area (Å²) in [4.78, 5) is 25.6. The smallest absolute Gasteiger partial charge is 0.273 e. The summed E-state index contributed by atoms with van der Waals surface area (Å²) < 4.78 is 14.5. The van der Waals surface area contributed by atoms with Gasteiger partial charge in [0.15, 0.2) is 22.5 Å². The molecule has 1 aliphatic heterocycles. The van der Waals surface area contributed by atoms with Gasteiger partial charge in [-0.05, 0) is 58.0 Å². The number of carbonyl (C=O) groups excluding carboxylic acids is 1. The zero-order valence-electron chi connectivity index (χ0n) is 19.7. The number of anilines is 2. The van der Waals surface area contributed by atoms with Crippen LogP contribution in [0.5, 0.6) is 0 Å². The Morgan fingerprint density at radius 1 is 1.06 bits per heavy atom. The van der Waals surface area contributed by atoms with Crippen molar-refractivity contribution in [2.24, 2.45) is 0 Å². The van der Waals surface area contributed by atoms with Crippen molar-refractivity contribution in [2.75, 3.05) is 50.3 Å². The maximum absolute atomic E-state index is 13.4. The Morgan fingerprint density at radius 3 is 2.50 bits per heavy atom. The second kappa shape index (κ2) is 12.6. The van der Waals surface area contributed by atoms with E-state index in [1.165, 1.54) is 6.07 Å². The molecule has 4 rings (SSSR count). The van der Waals surface area contributed by atoms with E-state index in [1.807, 2.05) is 30.3 Å². The molecule has 4 N–H and O–H groups in total. The van der Waals surface area contributed by atoms with Gasteiger partial charge in [0, 0.05) is 55.9 Å². The number of hydrogen-bond donors (Lipinski definition) is 3. The van der Waals surface area contributed by atoms with Gasteiger partial charge in [-0.1, -0.05) is 35.9 Å². The van der Waals surface area contributed by atoms with Crippen LogP contribution in [-0.4, -0.2) is 64.9 Å². The Labute approximate surface area is 228 Å². The van der Waals surface area contributed by atoms with Crippen molar-refractivity contribution in [3.63, 3.8) is 0 Å². The summed E-state index contributed by atoms with van der Waals surface area (Å²) in [6.07, 6.45) is 0. The molecule has 1 amide bonds. The van der Waals surface area contributed by atoms with Gasteiger partial charge >= 0.3 is 0 Å². The first-order valence-corrected chi connectivity index (χ1v) is 13.1. The lowest BCUT2D eigenvalue weighted by Crippen LogP contribution is -2.48. The number of amides is 1. The van der Waals surface area contributed by atoms with Crippen molar-refractivity contribution in [2.45, 2.75) is 13.1 Å². The fourth-order valence-electron chi connectivity index (χ4n) is 3.97. The summed E-state index contributed by atoms with van der Waals surface area (Å²) in [5, 5.41) is 6.06. The Bertz CT molecular complexity index is 1190. The number of halogens is 3. The highest BCUT2D eigenvalue weighted by Crippen LogP contribution is 2.21. The third kappa shape index (κ3) is 7.48. The minimum atomic E-state index is -0.407. The Hall–Kier alpha value is -2.54. The number of nitrogens with two attached hydrogens (primary N) is 1. The van der Waals surface area contributed by atoms with E-state index in [4.69, 9.17) is 17.3 Å². The molecule has 0 unspecified atom stereocenters. The Morgan fingerprint density at radius 2 is 1.78 bits per heavy atom. The van der Waals surface area contributed by atoms with Crippen molar-refractivity contribution < 1.29 is 9.18 Å². The van der Waals surface area contributed by atoms with Gasteiger partial charge in [0.2, 0.25) is 0 Å². The normalized spacial score (nSPS) is 14.5. The number of piperazine rings is 1.